The number of ether oxygens (including phenoxy) is 1. The zero-order valence-electron chi connectivity index (χ0n) is 18.4. The van der Waals surface area contributed by atoms with E-state index >= 15 is 0 Å². The molecule has 1 unspecified atom stereocenters. The number of aliphatic hydroxyl groups is 1. The van der Waals surface area contributed by atoms with Crippen LogP contribution >= 0.6 is 11.6 Å². The molecule has 8 heteroatoms. The third kappa shape index (κ3) is 3.64. The number of rotatable bonds is 6. The van der Waals surface area contributed by atoms with Crippen LogP contribution in [-0.4, -0.2) is 28.8 Å². The van der Waals surface area contributed by atoms with E-state index in [2.05, 4.69) is 0 Å². The second kappa shape index (κ2) is 8.43. The number of hydrogen-bond donors (Lipinski definition) is 1. The lowest BCUT2D eigenvalue weighted by Gasteiger charge is -2.25. The van der Waals surface area contributed by atoms with E-state index in [4.69, 9.17) is 25.2 Å². The molecule has 0 saturated heterocycles. The van der Waals surface area contributed by atoms with E-state index < -0.39 is 23.5 Å². The number of Topliss-reactive ketones (excluding diaryl/α,β-unsaturated/α-hetero) is 1. The van der Waals surface area contributed by atoms with E-state index in [1.807, 2.05) is 18.2 Å². The Kier molecular flexibility index (Phi) is 5.42. The molecule has 1 aliphatic rings. The van der Waals surface area contributed by atoms with Gasteiger partial charge in [-0.2, -0.15) is 0 Å². The average molecular weight is 478 g/mol. The molecule has 1 aliphatic heterocycles. The first-order chi connectivity index (χ1) is 16.4. The Balaban J connectivity index is 1.59. The topological polar surface area (TPSA) is 93.1 Å². The van der Waals surface area contributed by atoms with Crippen LogP contribution in [0.4, 0.5) is 0 Å². The van der Waals surface area contributed by atoms with Crippen LogP contribution < -0.4 is 4.74 Å². The molecule has 1 N–H and O–H groups in total. The summed E-state index contributed by atoms with van der Waals surface area (Å²) in [5.74, 6) is -0.412. The van der Waals surface area contributed by atoms with Gasteiger partial charge in [0.15, 0.2) is 11.5 Å². The van der Waals surface area contributed by atoms with Crippen molar-refractivity contribution in [3.63, 3.8) is 0 Å². The quantitative estimate of drug-likeness (QED) is 0.354. The molecule has 7 nitrogen and oxygen atoms in total. The number of carbonyl (C=O) groups excluding carboxylic acids is 2. The van der Waals surface area contributed by atoms with Crippen LogP contribution in [0, 0.1) is 6.92 Å². The zero-order chi connectivity index (χ0) is 24.0. The van der Waals surface area contributed by atoms with Crippen LogP contribution in [0.25, 0.3) is 11.0 Å². The van der Waals surface area contributed by atoms with Crippen molar-refractivity contribution >= 4 is 34.3 Å². The van der Waals surface area contributed by atoms with Crippen molar-refractivity contribution in [2.75, 3.05) is 7.11 Å². The third-order valence-electron chi connectivity index (χ3n) is 5.81. The van der Waals surface area contributed by atoms with Gasteiger partial charge in [-0.15, -0.1) is 0 Å². The van der Waals surface area contributed by atoms with Gasteiger partial charge in [-0.1, -0.05) is 29.8 Å². The van der Waals surface area contributed by atoms with Crippen molar-refractivity contribution < 1.29 is 28.3 Å². The summed E-state index contributed by atoms with van der Waals surface area (Å²) in [4.78, 5) is 28.2. The Labute approximate surface area is 199 Å². The van der Waals surface area contributed by atoms with Gasteiger partial charge in [-0.25, -0.2) is 0 Å². The maximum Gasteiger partial charge on any atom is 0.290 e. The summed E-state index contributed by atoms with van der Waals surface area (Å²) in [6.45, 7) is 1.85. The Morgan fingerprint density at radius 1 is 1.12 bits per heavy atom. The highest BCUT2D eigenvalue weighted by Crippen LogP contribution is 2.41. The number of carbonyl (C=O) groups is 2. The van der Waals surface area contributed by atoms with Gasteiger partial charge in [-0.05, 0) is 49.4 Å². The normalized spacial score (nSPS) is 16.0. The smallest absolute Gasteiger partial charge is 0.290 e. The number of aliphatic hydroxyl groups excluding tert-OH is 1. The maximum absolute atomic E-state index is 13.6. The number of halogens is 1. The van der Waals surface area contributed by atoms with Crippen LogP contribution in [0.1, 0.15) is 33.7 Å². The Morgan fingerprint density at radius 2 is 1.91 bits per heavy atom. The van der Waals surface area contributed by atoms with Crippen LogP contribution in [0.3, 0.4) is 0 Å². The number of hydrogen-bond acceptors (Lipinski definition) is 6. The zero-order valence-corrected chi connectivity index (χ0v) is 19.1. The predicted molar refractivity (Wildman–Crippen MR) is 125 cm³/mol. The summed E-state index contributed by atoms with van der Waals surface area (Å²) in [5, 5.41) is 12.0. The minimum atomic E-state index is -0.949. The molecular formula is C26H20ClNO6. The predicted octanol–water partition coefficient (Wildman–Crippen LogP) is 5.77. The number of furan rings is 2. The number of aryl methyl sites for hydroxylation is 1. The van der Waals surface area contributed by atoms with E-state index in [0.29, 0.717) is 38.8 Å². The second-order valence-electron chi connectivity index (χ2n) is 7.98. The van der Waals surface area contributed by atoms with Gasteiger partial charge in [0.1, 0.15) is 28.9 Å². The standard InChI is InChI=1S/C26H20ClNO6/c1-14-7-9-20(33-14)23-22(24(29)21-12-16-11-17(27)8-10-19(16)34-21)25(30)26(31)28(23)13-15-5-3-4-6-18(15)32-2/h3-12,23,30H,13H2,1-2H3. The summed E-state index contributed by atoms with van der Waals surface area (Å²) < 4.78 is 17.0. The van der Waals surface area contributed by atoms with Crippen molar-refractivity contribution in [2.24, 2.45) is 0 Å². The molecule has 0 spiro atoms. The van der Waals surface area contributed by atoms with Gasteiger partial charge in [-0.3, -0.25) is 9.59 Å². The van der Waals surface area contributed by atoms with E-state index in [9.17, 15) is 14.7 Å². The number of nitrogens with zero attached hydrogens (tertiary/aromatic N) is 1. The van der Waals surface area contributed by atoms with Crippen molar-refractivity contribution in [3.8, 4) is 5.75 Å². The van der Waals surface area contributed by atoms with Crippen LogP contribution in [0.5, 0.6) is 5.75 Å². The highest BCUT2D eigenvalue weighted by Gasteiger charge is 2.46. The number of ketones is 1. The van der Waals surface area contributed by atoms with E-state index in [0.717, 1.165) is 0 Å². The minimum absolute atomic E-state index is 0.0148. The molecule has 172 valence electrons. The van der Waals surface area contributed by atoms with Gasteiger partial charge in [0, 0.05) is 16.0 Å². The highest BCUT2D eigenvalue weighted by molar-refractivity contribution is 6.31. The molecule has 1 atom stereocenters. The fraction of sp³-hybridized carbons (Fsp3) is 0.154. The van der Waals surface area contributed by atoms with Gasteiger partial charge in [0.25, 0.3) is 5.91 Å². The first kappa shape index (κ1) is 21.9. The lowest BCUT2D eigenvalue weighted by Crippen LogP contribution is -2.30. The Hall–Kier alpha value is -3.97. The maximum atomic E-state index is 13.6. The summed E-state index contributed by atoms with van der Waals surface area (Å²) in [5.41, 5.74) is 1.07. The van der Waals surface area contributed by atoms with Crippen LogP contribution in [-0.2, 0) is 11.3 Å². The monoisotopic (exact) mass is 477 g/mol. The van der Waals surface area contributed by atoms with Gasteiger partial charge in [0.05, 0.1) is 19.2 Å². The molecule has 2 aromatic carbocycles. The van der Waals surface area contributed by atoms with Crippen molar-refractivity contribution in [2.45, 2.75) is 19.5 Å². The average Bonchev–Trinajstić information content (AvgIpc) is 3.51. The van der Waals surface area contributed by atoms with E-state index in [1.54, 1.807) is 49.4 Å². The van der Waals surface area contributed by atoms with Crippen LogP contribution in [0.2, 0.25) is 5.02 Å². The Bertz CT molecular complexity index is 1460. The van der Waals surface area contributed by atoms with Gasteiger partial charge < -0.3 is 23.6 Å². The van der Waals surface area contributed by atoms with Crippen molar-refractivity contribution in [1.29, 1.82) is 0 Å². The van der Waals surface area contributed by atoms with Gasteiger partial charge >= 0.3 is 0 Å². The lowest BCUT2D eigenvalue weighted by molar-refractivity contribution is -0.130. The summed E-state index contributed by atoms with van der Waals surface area (Å²) >= 11 is 6.05. The first-order valence-corrected chi connectivity index (χ1v) is 10.9. The minimum Gasteiger partial charge on any atom is -0.503 e. The molecule has 2 aromatic heterocycles. The second-order valence-corrected chi connectivity index (χ2v) is 8.42. The molecule has 5 rings (SSSR count). The summed E-state index contributed by atoms with van der Waals surface area (Å²) in [7, 11) is 1.54. The first-order valence-electron chi connectivity index (χ1n) is 10.5. The van der Waals surface area contributed by atoms with Gasteiger partial charge in [0.2, 0.25) is 5.78 Å². The molecule has 0 bridgehead atoms. The molecule has 0 aliphatic carbocycles. The molecule has 34 heavy (non-hydrogen) atoms. The highest BCUT2D eigenvalue weighted by atomic mass is 35.5. The third-order valence-corrected chi connectivity index (χ3v) is 6.05. The van der Waals surface area contributed by atoms with Crippen molar-refractivity contribution in [3.05, 3.63) is 99.9 Å². The fourth-order valence-electron chi connectivity index (χ4n) is 4.22. The number of methoxy groups -OCH3 is 1. The fourth-order valence-corrected chi connectivity index (χ4v) is 4.40. The molecular weight excluding hydrogens is 458 g/mol. The van der Waals surface area contributed by atoms with Crippen LogP contribution in [0.15, 0.2) is 80.8 Å². The number of amides is 1. The SMILES string of the molecule is COc1ccccc1CN1C(=O)C(O)=C(C(=O)c2cc3cc(Cl)ccc3o2)C1c1ccc(C)o1. The van der Waals surface area contributed by atoms with Crippen molar-refractivity contribution in [1.82, 2.24) is 4.90 Å². The van der Waals surface area contributed by atoms with E-state index in [-0.39, 0.29) is 17.9 Å². The number of benzene rings is 2. The summed E-state index contributed by atoms with van der Waals surface area (Å²) in [6.07, 6.45) is 0. The molecule has 4 aromatic rings. The lowest BCUT2D eigenvalue weighted by atomic mass is 9.99. The number of fused-ring (bicyclic) bond motifs is 1. The Morgan fingerprint density at radius 3 is 2.65 bits per heavy atom. The molecule has 1 amide bonds. The summed E-state index contributed by atoms with van der Waals surface area (Å²) in [6, 6.07) is 16.2. The molecule has 3 heterocycles. The number of para-hydroxylation sites is 1. The van der Waals surface area contributed by atoms with E-state index in [1.165, 1.54) is 12.0 Å². The molecule has 0 radical (unpaired) electrons. The molecule has 0 saturated carbocycles. The largest absolute Gasteiger partial charge is 0.503 e. The molecule has 0 fully saturated rings.